The van der Waals surface area contributed by atoms with Crippen LogP contribution in [0.3, 0.4) is 0 Å². The Labute approximate surface area is 148 Å². The molecule has 0 spiro atoms. The lowest BCUT2D eigenvalue weighted by atomic mass is 10.2. The third-order valence-corrected chi connectivity index (χ3v) is 5.39. The molecule has 122 valence electrons. The van der Waals surface area contributed by atoms with E-state index in [-0.39, 0.29) is 5.97 Å². The van der Waals surface area contributed by atoms with E-state index in [2.05, 4.69) is 36.1 Å². The van der Waals surface area contributed by atoms with Crippen molar-refractivity contribution in [2.75, 3.05) is 7.11 Å². The Bertz CT molecular complexity index is 1110. The molecule has 0 radical (unpaired) electrons. The predicted octanol–water partition coefficient (Wildman–Crippen LogP) is 2.60. The van der Waals surface area contributed by atoms with Gasteiger partial charge in [0, 0.05) is 13.2 Å². The van der Waals surface area contributed by atoms with Gasteiger partial charge in [-0.2, -0.15) is 5.10 Å². The summed E-state index contributed by atoms with van der Waals surface area (Å²) >= 11 is 4.75. The van der Waals surface area contributed by atoms with Crippen LogP contribution >= 0.6 is 27.3 Å². The molecule has 4 aromatic rings. The minimum atomic E-state index is -0.374. The van der Waals surface area contributed by atoms with Crippen LogP contribution in [0.15, 0.2) is 17.0 Å². The highest BCUT2D eigenvalue weighted by Gasteiger charge is 2.21. The Balaban J connectivity index is 2.00. The Kier molecular flexibility index (Phi) is 3.39. The molecule has 0 aliphatic rings. The largest absolute Gasteiger partial charge is 0.465 e. The van der Waals surface area contributed by atoms with E-state index in [0.29, 0.717) is 22.0 Å². The molecule has 24 heavy (non-hydrogen) atoms. The molecule has 0 atom stereocenters. The monoisotopic (exact) mass is 406 g/mol. The molecular formula is C14H11BrN6O2S. The van der Waals surface area contributed by atoms with E-state index >= 15 is 0 Å². The van der Waals surface area contributed by atoms with Crippen LogP contribution in [-0.2, 0) is 11.8 Å². The smallest absolute Gasteiger partial charge is 0.348 e. The van der Waals surface area contributed by atoms with Crippen molar-refractivity contribution in [3.8, 4) is 11.5 Å². The fourth-order valence-electron chi connectivity index (χ4n) is 2.53. The summed E-state index contributed by atoms with van der Waals surface area (Å²) < 4.78 is 8.92. The molecule has 4 heterocycles. The van der Waals surface area contributed by atoms with Gasteiger partial charge in [-0.25, -0.2) is 19.3 Å². The fourth-order valence-corrected chi connectivity index (χ4v) is 4.15. The van der Waals surface area contributed by atoms with Gasteiger partial charge in [-0.3, -0.25) is 4.68 Å². The number of rotatable bonds is 2. The number of halogens is 1. The zero-order valence-electron chi connectivity index (χ0n) is 12.9. The Morgan fingerprint density at radius 3 is 2.83 bits per heavy atom. The summed E-state index contributed by atoms with van der Waals surface area (Å²) in [5.41, 5.74) is 2.07. The summed E-state index contributed by atoms with van der Waals surface area (Å²) in [6.45, 7) is 1.86. The van der Waals surface area contributed by atoms with E-state index in [4.69, 9.17) is 4.74 Å². The lowest BCUT2D eigenvalue weighted by molar-refractivity contribution is 0.0605. The topological polar surface area (TPSA) is 87.2 Å². The second kappa shape index (κ2) is 5.35. The minimum Gasteiger partial charge on any atom is -0.465 e. The molecule has 0 aliphatic carbocycles. The van der Waals surface area contributed by atoms with E-state index in [1.807, 2.05) is 20.2 Å². The highest BCUT2D eigenvalue weighted by Crippen LogP contribution is 2.33. The van der Waals surface area contributed by atoms with Gasteiger partial charge >= 0.3 is 5.97 Å². The Morgan fingerprint density at radius 1 is 1.38 bits per heavy atom. The molecule has 0 fully saturated rings. The van der Waals surface area contributed by atoms with Crippen LogP contribution in [0.25, 0.3) is 27.4 Å². The number of methoxy groups -OCH3 is 1. The van der Waals surface area contributed by atoms with Crippen LogP contribution in [0, 0.1) is 6.92 Å². The van der Waals surface area contributed by atoms with Crippen LogP contribution in [0.5, 0.6) is 0 Å². The molecule has 0 aromatic carbocycles. The van der Waals surface area contributed by atoms with Gasteiger partial charge in [0.1, 0.15) is 21.7 Å². The molecule has 0 unspecified atom stereocenters. The molecule has 0 N–H and O–H groups in total. The van der Waals surface area contributed by atoms with Gasteiger partial charge in [-0.15, -0.1) is 16.4 Å². The number of ether oxygens (including phenoxy) is 1. The first kappa shape index (κ1) is 15.2. The number of thiophene rings is 1. The first-order valence-electron chi connectivity index (χ1n) is 6.92. The molecule has 0 saturated carbocycles. The summed E-state index contributed by atoms with van der Waals surface area (Å²) in [6, 6.07) is 0. The molecule has 4 rings (SSSR count). The number of hydrogen-bond donors (Lipinski definition) is 0. The average Bonchev–Trinajstić information content (AvgIpc) is 3.21. The van der Waals surface area contributed by atoms with Crippen molar-refractivity contribution in [2.24, 2.45) is 7.05 Å². The van der Waals surface area contributed by atoms with Gasteiger partial charge in [-0.05, 0) is 28.4 Å². The van der Waals surface area contributed by atoms with Gasteiger partial charge in [0.05, 0.1) is 17.0 Å². The zero-order chi connectivity index (χ0) is 17.0. The molecule has 0 saturated heterocycles. The van der Waals surface area contributed by atoms with Crippen LogP contribution < -0.4 is 0 Å². The van der Waals surface area contributed by atoms with Crippen molar-refractivity contribution in [1.82, 2.24) is 29.4 Å². The van der Waals surface area contributed by atoms with E-state index < -0.39 is 0 Å². The quantitative estimate of drug-likeness (QED) is 0.475. The maximum Gasteiger partial charge on any atom is 0.348 e. The first-order valence-corrected chi connectivity index (χ1v) is 8.53. The highest BCUT2D eigenvalue weighted by molar-refractivity contribution is 9.10. The summed E-state index contributed by atoms with van der Waals surface area (Å²) in [6.07, 6.45) is 3.42. The number of esters is 1. The predicted molar refractivity (Wildman–Crippen MR) is 92.1 cm³/mol. The summed E-state index contributed by atoms with van der Waals surface area (Å²) in [5.74, 6) is 0.114. The second-order valence-corrected chi connectivity index (χ2v) is 7.03. The average molecular weight is 407 g/mol. The lowest BCUT2D eigenvalue weighted by Gasteiger charge is -1.96. The Morgan fingerprint density at radius 2 is 2.17 bits per heavy atom. The summed E-state index contributed by atoms with van der Waals surface area (Å²) in [4.78, 5) is 22.1. The van der Waals surface area contributed by atoms with Crippen LogP contribution in [0.1, 0.15) is 15.2 Å². The molecular weight excluding hydrogens is 396 g/mol. The third kappa shape index (κ3) is 2.13. The third-order valence-electron chi connectivity index (χ3n) is 3.63. The number of carbonyl (C=O) groups excluding carboxylic acids is 1. The number of aryl methyl sites for hydroxylation is 2. The van der Waals surface area contributed by atoms with Crippen molar-refractivity contribution < 1.29 is 9.53 Å². The number of hydrogen-bond acceptors (Lipinski definition) is 7. The van der Waals surface area contributed by atoms with Crippen LogP contribution in [0.4, 0.5) is 0 Å². The van der Waals surface area contributed by atoms with E-state index in [9.17, 15) is 4.79 Å². The van der Waals surface area contributed by atoms with Gasteiger partial charge in [0.25, 0.3) is 0 Å². The SMILES string of the molecule is COC(=O)c1sc2ncn3nc(-c4nn(C)cc4Br)nc3c2c1C. The number of nitrogens with zero attached hydrogens (tertiary/aromatic N) is 6. The number of carbonyl (C=O) groups is 1. The van der Waals surface area contributed by atoms with Crippen molar-refractivity contribution in [2.45, 2.75) is 6.92 Å². The fraction of sp³-hybridized carbons (Fsp3) is 0.214. The van der Waals surface area contributed by atoms with E-state index in [0.717, 1.165) is 20.3 Å². The van der Waals surface area contributed by atoms with Crippen molar-refractivity contribution in [1.29, 1.82) is 0 Å². The molecule has 0 aliphatic heterocycles. The molecule has 0 amide bonds. The standard InChI is InChI=1S/C14H11BrN6O2S/c1-6-8-12-17-11(9-7(15)4-20(2)18-9)19-21(12)5-16-13(8)24-10(6)14(22)23-3/h4-5H,1-3H3. The number of aromatic nitrogens is 6. The second-order valence-electron chi connectivity index (χ2n) is 5.18. The van der Waals surface area contributed by atoms with Crippen molar-refractivity contribution in [3.05, 3.63) is 27.4 Å². The number of fused-ring (bicyclic) bond motifs is 3. The molecule has 4 aromatic heterocycles. The lowest BCUT2D eigenvalue weighted by Crippen LogP contribution is -1.99. The van der Waals surface area contributed by atoms with E-state index in [1.54, 1.807) is 15.5 Å². The molecule has 0 bridgehead atoms. The Hall–Kier alpha value is -2.33. The molecule has 8 nitrogen and oxygen atoms in total. The molecule has 10 heteroatoms. The van der Waals surface area contributed by atoms with Gasteiger partial charge in [0.15, 0.2) is 5.65 Å². The summed E-state index contributed by atoms with van der Waals surface area (Å²) in [7, 11) is 3.19. The van der Waals surface area contributed by atoms with Gasteiger partial charge in [-0.1, -0.05) is 0 Å². The van der Waals surface area contributed by atoms with Crippen LogP contribution in [-0.4, -0.2) is 42.4 Å². The zero-order valence-corrected chi connectivity index (χ0v) is 15.3. The minimum absolute atomic E-state index is 0.374. The van der Waals surface area contributed by atoms with Crippen molar-refractivity contribution >= 4 is 49.1 Å². The first-order chi connectivity index (χ1) is 11.5. The van der Waals surface area contributed by atoms with Crippen LogP contribution in [0.2, 0.25) is 0 Å². The highest BCUT2D eigenvalue weighted by atomic mass is 79.9. The van der Waals surface area contributed by atoms with Gasteiger partial charge in [0.2, 0.25) is 5.82 Å². The normalized spacial score (nSPS) is 11.5. The van der Waals surface area contributed by atoms with Crippen molar-refractivity contribution in [3.63, 3.8) is 0 Å². The maximum absolute atomic E-state index is 11.9. The van der Waals surface area contributed by atoms with E-state index in [1.165, 1.54) is 18.4 Å². The van der Waals surface area contributed by atoms with Gasteiger partial charge < -0.3 is 4.74 Å². The summed E-state index contributed by atoms with van der Waals surface area (Å²) in [5, 5.41) is 9.61. The maximum atomic E-state index is 11.9.